The van der Waals surface area contributed by atoms with Crippen molar-refractivity contribution in [2.45, 2.75) is 32.2 Å². The summed E-state index contributed by atoms with van der Waals surface area (Å²) in [6.45, 7) is 2.07. The number of hydrogen-bond donors (Lipinski definition) is 3. The Morgan fingerprint density at radius 3 is 2.76 bits per heavy atom. The molecular formula is C15H21NO5. The molecule has 1 rings (SSSR count). The monoisotopic (exact) mass is 295 g/mol. The van der Waals surface area contributed by atoms with Crippen LogP contribution in [0.2, 0.25) is 0 Å². The van der Waals surface area contributed by atoms with Crippen LogP contribution in [0, 0.1) is 6.92 Å². The Morgan fingerprint density at radius 1 is 1.38 bits per heavy atom. The van der Waals surface area contributed by atoms with Gasteiger partial charge < -0.3 is 20.3 Å². The van der Waals surface area contributed by atoms with E-state index in [4.69, 9.17) is 14.9 Å². The molecule has 0 aliphatic carbocycles. The molecule has 6 heteroatoms. The number of carboxylic acid groups (broad SMARTS) is 1. The number of aliphatic hydroxyl groups excluding tert-OH is 1. The summed E-state index contributed by atoms with van der Waals surface area (Å²) in [5, 5.41) is 19.9. The lowest BCUT2D eigenvalue weighted by molar-refractivity contribution is -0.142. The average Bonchev–Trinajstić information content (AvgIpc) is 2.43. The van der Waals surface area contributed by atoms with Crippen LogP contribution in [0.15, 0.2) is 24.3 Å². The summed E-state index contributed by atoms with van der Waals surface area (Å²) in [4.78, 5) is 22.4. The number of carbonyl (C=O) groups is 2. The maximum atomic E-state index is 11.6. The molecule has 1 aromatic rings. The van der Waals surface area contributed by atoms with Crippen molar-refractivity contribution in [2.75, 3.05) is 13.2 Å². The van der Waals surface area contributed by atoms with Crippen molar-refractivity contribution in [3.05, 3.63) is 29.8 Å². The van der Waals surface area contributed by atoms with Gasteiger partial charge in [0.25, 0.3) is 0 Å². The van der Waals surface area contributed by atoms with Gasteiger partial charge >= 0.3 is 5.97 Å². The van der Waals surface area contributed by atoms with Crippen LogP contribution in [0.1, 0.15) is 24.8 Å². The first-order chi connectivity index (χ1) is 10.0. The largest absolute Gasteiger partial charge is 0.494 e. The summed E-state index contributed by atoms with van der Waals surface area (Å²) in [7, 11) is 0. The summed E-state index contributed by atoms with van der Waals surface area (Å²) < 4.78 is 5.50. The quantitative estimate of drug-likeness (QED) is 0.593. The van der Waals surface area contributed by atoms with E-state index in [1.165, 1.54) is 0 Å². The van der Waals surface area contributed by atoms with Crippen molar-refractivity contribution < 1.29 is 24.5 Å². The van der Waals surface area contributed by atoms with Crippen LogP contribution < -0.4 is 10.1 Å². The first-order valence-corrected chi connectivity index (χ1v) is 6.85. The van der Waals surface area contributed by atoms with Gasteiger partial charge in [0.2, 0.25) is 5.91 Å². The van der Waals surface area contributed by atoms with Crippen LogP contribution in [-0.4, -0.2) is 41.3 Å². The molecule has 1 atom stereocenters. The lowest BCUT2D eigenvalue weighted by Crippen LogP contribution is -2.41. The number of hydrogen-bond acceptors (Lipinski definition) is 4. The van der Waals surface area contributed by atoms with Crippen molar-refractivity contribution in [3.63, 3.8) is 0 Å². The molecule has 3 N–H and O–H groups in total. The summed E-state index contributed by atoms with van der Waals surface area (Å²) >= 11 is 0. The van der Waals surface area contributed by atoms with Crippen LogP contribution in [0.25, 0.3) is 0 Å². The minimum absolute atomic E-state index is 0.000859. The standard InChI is InChI=1S/C15H21NO5/c1-11-4-2-5-12(10-11)21-9-3-6-14(18)16-13(7-8-17)15(19)20/h2,4-5,10,13,17H,3,6-9H2,1H3,(H,16,18)(H,19,20). The van der Waals surface area contributed by atoms with Gasteiger partial charge in [0.15, 0.2) is 0 Å². The van der Waals surface area contributed by atoms with Crippen LogP contribution in [0.5, 0.6) is 5.75 Å². The highest BCUT2D eigenvalue weighted by Gasteiger charge is 2.18. The number of carboxylic acids is 1. The van der Waals surface area contributed by atoms with Crippen LogP contribution in [0.4, 0.5) is 0 Å². The molecule has 0 heterocycles. The second kappa shape index (κ2) is 8.97. The fourth-order valence-corrected chi connectivity index (χ4v) is 1.78. The van der Waals surface area contributed by atoms with Gasteiger partial charge in [-0.15, -0.1) is 0 Å². The molecular weight excluding hydrogens is 274 g/mol. The lowest BCUT2D eigenvalue weighted by atomic mass is 10.2. The topological polar surface area (TPSA) is 95.9 Å². The third-order valence-corrected chi connectivity index (χ3v) is 2.86. The smallest absolute Gasteiger partial charge is 0.326 e. The van der Waals surface area contributed by atoms with Crippen LogP contribution in [0.3, 0.4) is 0 Å². The first-order valence-electron chi connectivity index (χ1n) is 6.85. The zero-order chi connectivity index (χ0) is 15.7. The summed E-state index contributed by atoms with van der Waals surface area (Å²) in [5.74, 6) is -0.754. The first kappa shape index (κ1) is 17.0. The zero-order valence-corrected chi connectivity index (χ0v) is 12.0. The maximum absolute atomic E-state index is 11.6. The Labute approximate surface area is 123 Å². The lowest BCUT2D eigenvalue weighted by Gasteiger charge is -2.13. The molecule has 0 aliphatic rings. The Balaban J connectivity index is 2.25. The van der Waals surface area contributed by atoms with Gasteiger partial charge in [0, 0.05) is 19.4 Å². The van der Waals surface area contributed by atoms with E-state index >= 15 is 0 Å². The van der Waals surface area contributed by atoms with Gasteiger partial charge in [0.1, 0.15) is 11.8 Å². The van der Waals surface area contributed by atoms with Gasteiger partial charge in [-0.2, -0.15) is 0 Å². The molecule has 0 radical (unpaired) electrons. The van der Waals surface area contributed by atoms with Crippen molar-refractivity contribution in [3.8, 4) is 5.75 Å². The van der Waals surface area contributed by atoms with Crippen molar-refractivity contribution >= 4 is 11.9 Å². The van der Waals surface area contributed by atoms with E-state index in [-0.39, 0.29) is 25.4 Å². The summed E-state index contributed by atoms with van der Waals surface area (Å²) in [6.07, 6.45) is 0.674. The van der Waals surface area contributed by atoms with Crippen molar-refractivity contribution in [1.82, 2.24) is 5.32 Å². The molecule has 1 aromatic carbocycles. The van der Waals surface area contributed by atoms with Crippen LogP contribution >= 0.6 is 0 Å². The molecule has 0 aliphatic heterocycles. The molecule has 0 fully saturated rings. The molecule has 0 spiro atoms. The third kappa shape index (κ3) is 6.76. The number of aliphatic hydroxyl groups is 1. The second-order valence-corrected chi connectivity index (χ2v) is 4.74. The molecule has 1 amide bonds. The van der Waals surface area contributed by atoms with E-state index in [0.717, 1.165) is 11.3 Å². The average molecular weight is 295 g/mol. The molecule has 21 heavy (non-hydrogen) atoms. The van der Waals surface area contributed by atoms with Gasteiger partial charge in [0.05, 0.1) is 6.61 Å². The van der Waals surface area contributed by atoms with E-state index in [9.17, 15) is 9.59 Å². The third-order valence-electron chi connectivity index (χ3n) is 2.86. The molecule has 116 valence electrons. The maximum Gasteiger partial charge on any atom is 0.326 e. The zero-order valence-electron chi connectivity index (χ0n) is 12.0. The Morgan fingerprint density at radius 2 is 2.14 bits per heavy atom. The predicted molar refractivity (Wildman–Crippen MR) is 77.2 cm³/mol. The Kier molecular flexibility index (Phi) is 7.25. The number of aliphatic carboxylic acids is 1. The van der Waals surface area contributed by atoms with E-state index in [1.54, 1.807) is 0 Å². The number of amides is 1. The van der Waals surface area contributed by atoms with E-state index in [0.29, 0.717) is 13.0 Å². The van der Waals surface area contributed by atoms with Crippen LogP contribution in [-0.2, 0) is 9.59 Å². The van der Waals surface area contributed by atoms with Gasteiger partial charge in [-0.3, -0.25) is 4.79 Å². The van der Waals surface area contributed by atoms with Crippen molar-refractivity contribution in [2.24, 2.45) is 0 Å². The molecule has 6 nitrogen and oxygen atoms in total. The van der Waals surface area contributed by atoms with Gasteiger partial charge in [-0.05, 0) is 31.0 Å². The van der Waals surface area contributed by atoms with Gasteiger partial charge in [-0.1, -0.05) is 12.1 Å². The van der Waals surface area contributed by atoms with Crippen molar-refractivity contribution in [1.29, 1.82) is 0 Å². The molecule has 0 aromatic heterocycles. The number of rotatable bonds is 9. The molecule has 1 unspecified atom stereocenters. The molecule has 0 saturated heterocycles. The number of benzene rings is 1. The highest BCUT2D eigenvalue weighted by atomic mass is 16.5. The molecule has 0 saturated carbocycles. The normalized spacial score (nSPS) is 11.7. The fourth-order valence-electron chi connectivity index (χ4n) is 1.78. The van der Waals surface area contributed by atoms with E-state index in [1.807, 2.05) is 31.2 Å². The number of aryl methyl sites for hydroxylation is 1. The SMILES string of the molecule is Cc1cccc(OCCCC(=O)NC(CCO)C(=O)O)c1. The van der Waals surface area contributed by atoms with E-state index < -0.39 is 12.0 Å². The number of carbonyl (C=O) groups excluding carboxylic acids is 1. The predicted octanol–water partition coefficient (Wildman–Crippen LogP) is 1.11. The molecule has 0 bridgehead atoms. The summed E-state index contributed by atoms with van der Waals surface area (Å²) in [5.41, 5.74) is 1.10. The van der Waals surface area contributed by atoms with Gasteiger partial charge in [-0.25, -0.2) is 4.79 Å². The number of nitrogens with one attached hydrogen (secondary N) is 1. The number of ether oxygens (including phenoxy) is 1. The van der Waals surface area contributed by atoms with E-state index in [2.05, 4.69) is 5.32 Å². The fraction of sp³-hybridized carbons (Fsp3) is 0.467. The minimum atomic E-state index is -1.14. The highest BCUT2D eigenvalue weighted by molar-refractivity contribution is 5.83. The highest BCUT2D eigenvalue weighted by Crippen LogP contribution is 2.12. The minimum Gasteiger partial charge on any atom is -0.494 e. The summed E-state index contributed by atoms with van der Waals surface area (Å²) in [6, 6.07) is 6.56. The Bertz CT molecular complexity index is 475. The second-order valence-electron chi connectivity index (χ2n) is 4.74. The Hall–Kier alpha value is -2.08.